The predicted octanol–water partition coefficient (Wildman–Crippen LogP) is 16.2. The average Bonchev–Trinajstić information content (AvgIpc) is 1.65. The number of esters is 1. The number of anilines is 2. The molecule has 30 heteroatoms. The molecule has 0 spiro atoms. The van der Waals surface area contributed by atoms with Gasteiger partial charge in [-0.15, -0.1) is 0 Å². The number of halogens is 10. The molecule has 3 N–H and O–H groups in total. The van der Waals surface area contributed by atoms with Crippen LogP contribution in [0.15, 0.2) is 195 Å². The van der Waals surface area contributed by atoms with Gasteiger partial charge in [0.05, 0.1) is 69.6 Å². The average molecular weight is 1460 g/mol. The van der Waals surface area contributed by atoms with Crippen molar-refractivity contribution in [3.63, 3.8) is 0 Å². The molecule has 6 aromatic heterocycles. The van der Waals surface area contributed by atoms with Crippen LogP contribution in [0.25, 0.3) is 50.7 Å². The normalized spacial score (nSPS) is 11.6. The van der Waals surface area contributed by atoms with Crippen molar-refractivity contribution in [1.29, 1.82) is 0 Å². The van der Waals surface area contributed by atoms with E-state index in [0.29, 0.717) is 86.1 Å². The highest BCUT2D eigenvalue weighted by Crippen LogP contribution is 2.37. The Labute approximate surface area is 597 Å². The van der Waals surface area contributed by atoms with Gasteiger partial charge >= 0.3 is 30.5 Å². The molecule has 6 heterocycles. The smallest absolute Gasteiger partial charge is 0.417 e. The number of carbonyl (C=O) groups is 6. The summed E-state index contributed by atoms with van der Waals surface area (Å²) in [7, 11) is 0. The molecule has 0 atom stereocenters. The van der Waals surface area contributed by atoms with Gasteiger partial charge in [-0.1, -0.05) is 105 Å². The van der Waals surface area contributed by atoms with E-state index in [4.69, 9.17) is 16.3 Å². The Balaban J connectivity index is 0.000000170. The number of alkyl halides is 9. The van der Waals surface area contributed by atoms with E-state index >= 15 is 0 Å². The zero-order valence-corrected chi connectivity index (χ0v) is 57.0. The summed E-state index contributed by atoms with van der Waals surface area (Å²) < 4.78 is 127. The number of Topliss-reactive ketones (excluding diaryl/α,β-unsaturated/α-hetero) is 3. The largest absolute Gasteiger partial charge is 0.462 e. The Hall–Kier alpha value is -12.0. The molecule has 0 saturated carbocycles. The maximum Gasteiger partial charge on any atom is 0.417 e. The summed E-state index contributed by atoms with van der Waals surface area (Å²) in [6, 6.07) is 37.3. The molecule has 0 fully saturated rings. The van der Waals surface area contributed by atoms with Gasteiger partial charge in [0, 0.05) is 90.1 Å². The molecule has 0 bridgehead atoms. The fraction of sp³-hybridized carbons (Fsp3) is 0.200. The van der Waals surface area contributed by atoms with Crippen LogP contribution < -0.4 is 16.0 Å². The van der Waals surface area contributed by atoms with Crippen molar-refractivity contribution in [2.24, 2.45) is 0 Å². The molecular formula is C75H63ClF9N13O7. The number of rotatable bonds is 21. The van der Waals surface area contributed by atoms with Crippen molar-refractivity contribution < 1.29 is 73.0 Å². The van der Waals surface area contributed by atoms with Crippen LogP contribution >= 0.6 is 11.6 Å². The highest BCUT2D eigenvalue weighted by atomic mass is 35.5. The maximum atomic E-state index is 13.1. The van der Waals surface area contributed by atoms with Crippen molar-refractivity contribution in [3.8, 4) is 33.8 Å². The zero-order chi connectivity index (χ0) is 75.3. The van der Waals surface area contributed by atoms with Crippen LogP contribution in [0, 0.1) is 0 Å². The summed E-state index contributed by atoms with van der Waals surface area (Å²) in [6.07, 6.45) is -4.48. The molecule has 105 heavy (non-hydrogen) atoms. The van der Waals surface area contributed by atoms with Gasteiger partial charge in [0.2, 0.25) is 0 Å². The second-order valence-electron chi connectivity index (χ2n) is 23.3. The molecule has 3 amide bonds. The number of amides is 3. The van der Waals surface area contributed by atoms with Crippen molar-refractivity contribution in [1.82, 2.24) is 54.0 Å². The number of carbonyl (C=O) groups excluding carboxylic acids is 6. The van der Waals surface area contributed by atoms with Gasteiger partial charge in [0.15, 0.2) is 34.3 Å². The van der Waals surface area contributed by atoms with Crippen molar-refractivity contribution in [2.45, 2.75) is 65.5 Å². The Kier molecular flexibility index (Phi) is 23.8. The minimum Gasteiger partial charge on any atom is -0.462 e. The van der Waals surface area contributed by atoms with E-state index in [1.54, 1.807) is 116 Å². The number of ether oxygens (including phenoxy) is 1. The summed E-state index contributed by atoms with van der Waals surface area (Å²) in [6.45, 7) is 10.8. The van der Waals surface area contributed by atoms with Crippen LogP contribution in [0.5, 0.6) is 0 Å². The molecule has 6 aromatic carbocycles. The van der Waals surface area contributed by atoms with Gasteiger partial charge in [-0.2, -0.15) is 54.8 Å². The van der Waals surface area contributed by atoms with E-state index < -0.39 is 63.8 Å². The van der Waals surface area contributed by atoms with Crippen LogP contribution in [-0.4, -0.2) is 117 Å². The highest BCUT2D eigenvalue weighted by molar-refractivity contribution is 6.31. The van der Waals surface area contributed by atoms with E-state index in [2.05, 4.69) is 64.9 Å². The number of ketones is 3. The summed E-state index contributed by atoms with van der Waals surface area (Å²) in [5.41, 5.74) is 4.98. The van der Waals surface area contributed by atoms with E-state index in [0.717, 1.165) is 61.6 Å². The van der Waals surface area contributed by atoms with Crippen LogP contribution in [0.3, 0.4) is 0 Å². The molecule has 0 aliphatic rings. The molecule has 12 aromatic rings. The van der Waals surface area contributed by atoms with Crippen molar-refractivity contribution in [3.05, 3.63) is 256 Å². The predicted molar refractivity (Wildman–Crippen MR) is 374 cm³/mol. The number of aromatic nitrogens is 9. The SMILES string of the molecule is CCC(=O)c1cnn2c(-c3cccc(CC(=O)c4cccc(C(F)(F)F)c4)c3)ccnc12.CCN(CC)CCNC(=O)c1cnn2c(-c3cccc(NC(=O)Nc4ccc(Cl)c(C(F)(F)F)c4)c3)ccnc12.CCOC(=O)c1cnn2c(-c3cccc(CC(=O)c4cccc(C(F)(F)F)c4)c3)ccnc12. The quantitative estimate of drug-likeness (QED) is 0.0344. The lowest BCUT2D eigenvalue weighted by Crippen LogP contribution is -2.34. The van der Waals surface area contributed by atoms with Gasteiger partial charge in [0.1, 0.15) is 11.1 Å². The Morgan fingerprint density at radius 2 is 0.933 bits per heavy atom. The van der Waals surface area contributed by atoms with E-state index in [1.165, 1.54) is 64.2 Å². The van der Waals surface area contributed by atoms with Crippen LogP contribution in [0.1, 0.15) is 114 Å². The molecule has 20 nitrogen and oxygen atoms in total. The topological polar surface area (TPSA) is 242 Å². The minimum atomic E-state index is -4.66. The fourth-order valence-electron chi connectivity index (χ4n) is 11.1. The van der Waals surface area contributed by atoms with Crippen LogP contribution in [0.4, 0.5) is 55.7 Å². The second kappa shape index (κ2) is 33.0. The lowest BCUT2D eigenvalue weighted by Gasteiger charge is -2.17. The van der Waals surface area contributed by atoms with E-state index in [9.17, 15) is 68.3 Å². The number of hydrogen-bond donors (Lipinski definition) is 3. The standard InChI is InChI=1S/C27H27ClF3N7O2.C24H18F3N3O3.C24H18F3N3O2/c1-3-37(4-2)13-12-33-25(39)20-16-34-38-23(10-11-32-24(20)38)17-6-5-7-18(14-17)35-26(40)36-19-8-9-22(28)21(15-19)27(29,30)31;1-2-33-23(32)19-14-29-30-20(9-10-28-22(19)30)16-6-3-5-15(11-16)12-21(31)17-7-4-8-18(13-17)24(25,26)27;1-2-21(31)19-14-29-30-20(9-10-28-23(19)30)16-6-3-5-15(11-16)12-22(32)17-7-4-8-18(13-17)24(25,26)27/h5-11,14-16H,3-4,12-13H2,1-2H3,(H,33,39)(H2,35,36,40);3-11,13-14H,2,12H2,1H3;3-11,13-14H,2,12H2,1H3. The molecular weight excluding hydrogens is 1400 g/mol. The lowest BCUT2D eigenvalue weighted by molar-refractivity contribution is -0.138. The number of nitrogens with one attached hydrogen (secondary N) is 3. The third-order valence-electron chi connectivity index (χ3n) is 16.3. The monoisotopic (exact) mass is 1460 g/mol. The first kappa shape index (κ1) is 75.7. The summed E-state index contributed by atoms with van der Waals surface area (Å²) >= 11 is 5.64. The number of nitrogens with zero attached hydrogens (tertiary/aromatic N) is 10. The Bertz CT molecular complexity index is 5210. The van der Waals surface area contributed by atoms with Crippen molar-refractivity contribution >= 4 is 75.2 Å². The molecule has 0 aliphatic heterocycles. The molecule has 0 radical (unpaired) electrons. The summed E-state index contributed by atoms with van der Waals surface area (Å²) in [5.74, 6) is -1.72. The molecule has 0 unspecified atom stereocenters. The maximum absolute atomic E-state index is 13.1. The fourth-order valence-corrected chi connectivity index (χ4v) is 11.3. The number of urea groups is 1. The number of hydrogen-bond acceptors (Lipinski definition) is 14. The molecule has 540 valence electrons. The molecule has 0 aliphatic carbocycles. The number of benzene rings is 6. The highest BCUT2D eigenvalue weighted by Gasteiger charge is 2.35. The summed E-state index contributed by atoms with van der Waals surface area (Å²) in [4.78, 5) is 89.9. The lowest BCUT2D eigenvalue weighted by atomic mass is 9.99. The zero-order valence-electron chi connectivity index (χ0n) is 56.2. The van der Waals surface area contributed by atoms with Gasteiger partial charge in [-0.25, -0.2) is 38.1 Å². The van der Waals surface area contributed by atoms with Crippen LogP contribution in [-0.2, 0) is 36.1 Å². The molecule has 12 rings (SSSR count). The first-order valence-electron chi connectivity index (χ1n) is 32.5. The van der Waals surface area contributed by atoms with E-state index in [1.807, 2.05) is 6.07 Å². The van der Waals surface area contributed by atoms with Gasteiger partial charge in [-0.05, 0) is 116 Å². The first-order valence-corrected chi connectivity index (χ1v) is 32.9. The number of likely N-dealkylation sites (N-methyl/N-ethyl adjacent to an activating group) is 1. The molecule has 0 saturated heterocycles. The first-order chi connectivity index (χ1) is 50.1. The van der Waals surface area contributed by atoms with E-state index in [-0.39, 0.29) is 53.5 Å². The summed E-state index contributed by atoms with van der Waals surface area (Å²) in [5, 5.41) is 20.3. The Morgan fingerprint density at radius 3 is 1.41 bits per heavy atom. The van der Waals surface area contributed by atoms with Crippen molar-refractivity contribution in [2.75, 3.05) is 43.4 Å². The number of fused-ring (bicyclic) bond motifs is 3. The Morgan fingerprint density at radius 1 is 0.486 bits per heavy atom. The third-order valence-corrected chi connectivity index (χ3v) is 16.6. The second-order valence-corrected chi connectivity index (χ2v) is 23.7. The minimum absolute atomic E-state index is 0.00586. The van der Waals surface area contributed by atoms with Crippen LogP contribution in [0.2, 0.25) is 5.02 Å². The van der Waals surface area contributed by atoms with Gasteiger partial charge in [0.25, 0.3) is 5.91 Å². The third kappa shape index (κ3) is 18.5. The van der Waals surface area contributed by atoms with Gasteiger partial charge in [-0.3, -0.25) is 19.2 Å². The van der Waals surface area contributed by atoms with Gasteiger partial charge < -0.3 is 25.6 Å².